The van der Waals surface area contributed by atoms with Gasteiger partial charge in [0, 0.05) is 12.6 Å². The van der Waals surface area contributed by atoms with Crippen molar-refractivity contribution in [1.82, 2.24) is 10.6 Å². The van der Waals surface area contributed by atoms with Gasteiger partial charge in [0.15, 0.2) is 0 Å². The third kappa shape index (κ3) is 3.11. The van der Waals surface area contributed by atoms with E-state index in [-0.39, 0.29) is 6.03 Å². The van der Waals surface area contributed by atoms with Gasteiger partial charge in [0.1, 0.15) is 0 Å². The lowest BCUT2D eigenvalue weighted by atomic mass is 9.93. The number of hydrogen-bond donors (Lipinski definition) is 2. The van der Waals surface area contributed by atoms with E-state index >= 15 is 0 Å². The first kappa shape index (κ1) is 9.36. The third-order valence-electron chi connectivity index (χ3n) is 2.11. The fourth-order valence-electron chi connectivity index (χ4n) is 1.09. The van der Waals surface area contributed by atoms with Crippen LogP contribution in [-0.2, 0) is 0 Å². The van der Waals surface area contributed by atoms with Gasteiger partial charge in [-0.2, -0.15) is 0 Å². The Balaban J connectivity index is 2.03. The summed E-state index contributed by atoms with van der Waals surface area (Å²) in [5.41, 5.74) is 0. The second-order valence-electron chi connectivity index (χ2n) is 3.88. The molecule has 2 amide bonds. The van der Waals surface area contributed by atoms with Crippen molar-refractivity contribution in [1.29, 1.82) is 0 Å². The van der Waals surface area contributed by atoms with Gasteiger partial charge in [-0.3, -0.25) is 0 Å². The molecule has 0 aliphatic heterocycles. The molecule has 12 heavy (non-hydrogen) atoms. The number of carbonyl (C=O) groups excluding carboxylic acids is 1. The molecule has 0 spiro atoms. The molecule has 0 saturated heterocycles. The van der Waals surface area contributed by atoms with Gasteiger partial charge in [0.05, 0.1) is 0 Å². The first-order chi connectivity index (χ1) is 5.68. The first-order valence-electron chi connectivity index (χ1n) is 4.73. The average molecular weight is 170 g/mol. The van der Waals surface area contributed by atoms with Crippen LogP contribution in [0.4, 0.5) is 4.79 Å². The van der Waals surface area contributed by atoms with Gasteiger partial charge in [-0.15, -0.1) is 0 Å². The van der Waals surface area contributed by atoms with Gasteiger partial charge >= 0.3 is 6.03 Å². The second kappa shape index (κ2) is 4.33. The molecule has 1 saturated carbocycles. The Morgan fingerprint density at radius 1 is 1.50 bits per heavy atom. The summed E-state index contributed by atoms with van der Waals surface area (Å²) in [4.78, 5) is 11.1. The Labute approximate surface area is 73.9 Å². The molecule has 3 nitrogen and oxygen atoms in total. The lowest BCUT2D eigenvalue weighted by molar-refractivity contribution is 0.227. The van der Waals surface area contributed by atoms with E-state index in [1.165, 1.54) is 6.42 Å². The molecular formula is C9H18N2O. The molecule has 1 aliphatic rings. The summed E-state index contributed by atoms with van der Waals surface area (Å²) in [5, 5.41) is 5.75. The quantitative estimate of drug-likeness (QED) is 0.662. The van der Waals surface area contributed by atoms with Gasteiger partial charge in [-0.25, -0.2) is 4.79 Å². The third-order valence-corrected chi connectivity index (χ3v) is 2.11. The molecule has 2 N–H and O–H groups in total. The van der Waals surface area contributed by atoms with E-state index in [0.717, 1.165) is 19.4 Å². The number of rotatable bonds is 3. The van der Waals surface area contributed by atoms with Gasteiger partial charge in [0.25, 0.3) is 0 Å². The molecule has 70 valence electrons. The highest BCUT2D eigenvalue weighted by Crippen LogP contribution is 2.17. The zero-order valence-corrected chi connectivity index (χ0v) is 7.89. The smallest absolute Gasteiger partial charge is 0.315 e. The van der Waals surface area contributed by atoms with Crippen LogP contribution in [0.15, 0.2) is 0 Å². The normalized spacial score (nSPS) is 17.2. The Morgan fingerprint density at radius 3 is 2.58 bits per heavy atom. The maximum atomic E-state index is 11.1. The van der Waals surface area contributed by atoms with E-state index in [9.17, 15) is 4.79 Å². The minimum atomic E-state index is -0.00611. The molecule has 0 bridgehead atoms. The van der Waals surface area contributed by atoms with E-state index < -0.39 is 0 Å². The SMILES string of the molecule is CC(C)CNC(=O)NC1CCC1. The van der Waals surface area contributed by atoms with Crippen LogP contribution in [0, 0.1) is 5.92 Å². The Hall–Kier alpha value is -0.730. The predicted octanol–water partition coefficient (Wildman–Crippen LogP) is 1.49. The number of hydrogen-bond acceptors (Lipinski definition) is 1. The van der Waals surface area contributed by atoms with Crippen LogP contribution in [0.25, 0.3) is 0 Å². The van der Waals surface area contributed by atoms with E-state index in [1.54, 1.807) is 0 Å². The van der Waals surface area contributed by atoms with Crippen molar-refractivity contribution in [2.24, 2.45) is 5.92 Å². The van der Waals surface area contributed by atoms with Crippen LogP contribution in [-0.4, -0.2) is 18.6 Å². The summed E-state index contributed by atoms with van der Waals surface area (Å²) in [6.07, 6.45) is 3.55. The minimum Gasteiger partial charge on any atom is -0.338 e. The highest BCUT2D eigenvalue weighted by atomic mass is 16.2. The Morgan fingerprint density at radius 2 is 2.17 bits per heavy atom. The molecule has 0 radical (unpaired) electrons. The van der Waals surface area contributed by atoms with Crippen LogP contribution in [0.5, 0.6) is 0 Å². The van der Waals surface area contributed by atoms with E-state index in [4.69, 9.17) is 0 Å². The van der Waals surface area contributed by atoms with E-state index in [0.29, 0.717) is 12.0 Å². The van der Waals surface area contributed by atoms with Crippen LogP contribution >= 0.6 is 0 Å². The van der Waals surface area contributed by atoms with Crippen molar-refractivity contribution >= 4 is 6.03 Å². The molecule has 1 fully saturated rings. The van der Waals surface area contributed by atoms with Crippen molar-refractivity contribution in [3.8, 4) is 0 Å². The average Bonchev–Trinajstić information content (AvgIpc) is 1.93. The summed E-state index contributed by atoms with van der Waals surface area (Å²) < 4.78 is 0. The fraction of sp³-hybridized carbons (Fsp3) is 0.889. The highest BCUT2D eigenvalue weighted by Gasteiger charge is 2.18. The van der Waals surface area contributed by atoms with E-state index in [1.807, 2.05) is 0 Å². The number of urea groups is 1. The summed E-state index contributed by atoms with van der Waals surface area (Å²) in [5.74, 6) is 0.525. The standard InChI is InChI=1S/C9H18N2O/c1-7(2)6-10-9(12)11-8-4-3-5-8/h7-8H,3-6H2,1-2H3,(H2,10,11,12). The monoisotopic (exact) mass is 170 g/mol. The maximum absolute atomic E-state index is 11.1. The van der Waals surface area contributed by atoms with Gasteiger partial charge < -0.3 is 10.6 Å². The van der Waals surface area contributed by atoms with Crippen molar-refractivity contribution in [2.75, 3.05) is 6.54 Å². The molecule has 0 aromatic carbocycles. The maximum Gasteiger partial charge on any atom is 0.315 e. The van der Waals surface area contributed by atoms with Crippen molar-refractivity contribution in [3.05, 3.63) is 0 Å². The van der Waals surface area contributed by atoms with Crippen molar-refractivity contribution in [2.45, 2.75) is 39.2 Å². The molecule has 0 aromatic heterocycles. The molecule has 0 atom stereocenters. The first-order valence-corrected chi connectivity index (χ1v) is 4.73. The van der Waals surface area contributed by atoms with Crippen LogP contribution in [0.2, 0.25) is 0 Å². The van der Waals surface area contributed by atoms with Crippen LogP contribution in [0.1, 0.15) is 33.1 Å². The molecule has 1 rings (SSSR count). The summed E-state index contributed by atoms with van der Waals surface area (Å²) >= 11 is 0. The van der Waals surface area contributed by atoms with Gasteiger partial charge in [0.2, 0.25) is 0 Å². The summed E-state index contributed by atoms with van der Waals surface area (Å²) in [6, 6.07) is 0.436. The lowest BCUT2D eigenvalue weighted by Gasteiger charge is -2.26. The minimum absolute atomic E-state index is 0.00611. The number of carbonyl (C=O) groups is 1. The van der Waals surface area contributed by atoms with Crippen molar-refractivity contribution < 1.29 is 4.79 Å². The largest absolute Gasteiger partial charge is 0.338 e. The fourth-order valence-corrected chi connectivity index (χ4v) is 1.09. The summed E-state index contributed by atoms with van der Waals surface area (Å²) in [7, 11) is 0. The Kier molecular flexibility index (Phi) is 3.38. The predicted molar refractivity (Wildman–Crippen MR) is 49.0 cm³/mol. The highest BCUT2D eigenvalue weighted by molar-refractivity contribution is 5.74. The number of amides is 2. The molecule has 3 heteroatoms. The lowest BCUT2D eigenvalue weighted by Crippen LogP contribution is -2.45. The zero-order chi connectivity index (χ0) is 8.97. The summed E-state index contributed by atoms with van der Waals surface area (Å²) in [6.45, 7) is 4.94. The molecule has 1 aliphatic carbocycles. The van der Waals surface area contributed by atoms with Crippen molar-refractivity contribution in [3.63, 3.8) is 0 Å². The Bertz CT molecular complexity index is 153. The zero-order valence-electron chi connectivity index (χ0n) is 7.89. The molecule has 0 heterocycles. The van der Waals surface area contributed by atoms with Gasteiger partial charge in [-0.1, -0.05) is 13.8 Å². The molecule has 0 unspecified atom stereocenters. The van der Waals surface area contributed by atoms with Gasteiger partial charge in [-0.05, 0) is 25.2 Å². The van der Waals surface area contributed by atoms with E-state index in [2.05, 4.69) is 24.5 Å². The topological polar surface area (TPSA) is 41.1 Å². The molecular weight excluding hydrogens is 152 g/mol. The number of nitrogens with one attached hydrogen (secondary N) is 2. The van der Waals surface area contributed by atoms with Crippen LogP contribution < -0.4 is 10.6 Å². The second-order valence-corrected chi connectivity index (χ2v) is 3.88. The molecule has 0 aromatic rings. The van der Waals surface area contributed by atoms with Crippen LogP contribution in [0.3, 0.4) is 0 Å².